The van der Waals surface area contributed by atoms with Gasteiger partial charge in [-0.1, -0.05) is 49.2 Å². The average molecular weight is 489 g/mol. The molecular weight excluding hydrogens is 452 g/mol. The summed E-state index contributed by atoms with van der Waals surface area (Å²) in [5, 5.41) is 4.48. The molecule has 2 fully saturated rings. The smallest absolute Gasteiger partial charge is 0.244 e. The first-order valence-electron chi connectivity index (χ1n) is 13.0. The number of piperazine rings is 1. The lowest BCUT2D eigenvalue weighted by atomic mass is 9.78. The summed E-state index contributed by atoms with van der Waals surface area (Å²) in [6.45, 7) is 8.24. The van der Waals surface area contributed by atoms with Crippen molar-refractivity contribution in [2.24, 2.45) is 11.8 Å². The molecule has 1 aliphatic carbocycles. The van der Waals surface area contributed by atoms with Gasteiger partial charge in [0.25, 0.3) is 0 Å². The molecule has 1 aromatic heterocycles. The number of carbonyl (C=O) groups is 1. The molecule has 2 atom stereocenters. The second-order valence-electron chi connectivity index (χ2n) is 10.0. The minimum atomic E-state index is 0.0154. The van der Waals surface area contributed by atoms with Crippen molar-refractivity contribution in [1.82, 2.24) is 14.6 Å². The van der Waals surface area contributed by atoms with Crippen LogP contribution in [-0.2, 0) is 4.79 Å². The van der Waals surface area contributed by atoms with Gasteiger partial charge in [-0.2, -0.15) is 4.37 Å². The Bertz CT molecular complexity index is 1160. The van der Waals surface area contributed by atoms with Crippen LogP contribution in [0.3, 0.4) is 0 Å². The summed E-state index contributed by atoms with van der Waals surface area (Å²) in [6.07, 6.45) is 8.69. The minimum Gasteiger partial charge on any atom is -0.353 e. The number of carbonyl (C=O) groups excluding carboxylic acids is 1. The second kappa shape index (κ2) is 11.4. The first-order valence-corrected chi connectivity index (χ1v) is 13.8. The van der Waals surface area contributed by atoms with Crippen molar-refractivity contribution in [1.29, 1.82) is 0 Å². The van der Waals surface area contributed by atoms with Gasteiger partial charge in [0.2, 0.25) is 5.91 Å². The quantitative estimate of drug-likeness (QED) is 0.455. The van der Waals surface area contributed by atoms with Crippen LogP contribution >= 0.6 is 11.5 Å². The molecule has 2 aliphatic rings. The van der Waals surface area contributed by atoms with Crippen LogP contribution in [0, 0.1) is 18.8 Å². The van der Waals surface area contributed by atoms with Crippen molar-refractivity contribution in [2.75, 3.05) is 44.2 Å². The van der Waals surface area contributed by atoms with Crippen LogP contribution < -0.4 is 10.2 Å². The van der Waals surface area contributed by atoms with E-state index in [1.807, 2.05) is 24.3 Å². The van der Waals surface area contributed by atoms with Crippen molar-refractivity contribution in [3.8, 4) is 0 Å². The third-order valence-electron chi connectivity index (χ3n) is 7.73. The van der Waals surface area contributed by atoms with E-state index in [1.54, 1.807) is 17.6 Å². The van der Waals surface area contributed by atoms with Crippen LogP contribution in [0.2, 0.25) is 0 Å². The van der Waals surface area contributed by atoms with Gasteiger partial charge < -0.3 is 10.2 Å². The molecule has 1 saturated heterocycles. The number of aryl methyl sites for hydroxylation is 1. The maximum Gasteiger partial charge on any atom is 0.244 e. The number of anilines is 1. The van der Waals surface area contributed by atoms with E-state index < -0.39 is 0 Å². The highest BCUT2D eigenvalue weighted by molar-refractivity contribution is 7.13. The van der Waals surface area contributed by atoms with E-state index in [0.717, 1.165) is 50.6 Å². The van der Waals surface area contributed by atoms with E-state index in [2.05, 4.69) is 52.4 Å². The fourth-order valence-corrected chi connectivity index (χ4v) is 6.39. The molecule has 0 bridgehead atoms. The van der Waals surface area contributed by atoms with E-state index in [0.29, 0.717) is 11.8 Å². The van der Waals surface area contributed by atoms with Gasteiger partial charge in [-0.05, 0) is 72.5 Å². The van der Waals surface area contributed by atoms with Crippen LogP contribution in [0.4, 0.5) is 5.82 Å². The number of aromatic nitrogens is 1. The topological polar surface area (TPSA) is 48.5 Å². The first kappa shape index (κ1) is 24.0. The largest absolute Gasteiger partial charge is 0.353 e. The van der Waals surface area contributed by atoms with Gasteiger partial charge in [-0.3, -0.25) is 9.69 Å². The molecule has 1 saturated carbocycles. The minimum absolute atomic E-state index is 0.0154. The summed E-state index contributed by atoms with van der Waals surface area (Å²) in [6, 6.07) is 16.7. The standard InChI is InChI=1S/C29H36N4OS/c1-22-8-2-3-9-23(22)14-15-28(34)30-20-24-10-4-5-11-25(24)21-32-16-18-33(19-17-32)29-26-12-6-7-13-27(26)35-31-29/h2-3,6-9,12-15,24-25H,4-5,10-11,16-21H2,1H3,(H,30,34)/b15-14+/t24-,25+/m1/s1. The fourth-order valence-electron chi connectivity index (χ4n) is 5.60. The molecule has 1 aliphatic heterocycles. The summed E-state index contributed by atoms with van der Waals surface area (Å²) >= 11 is 1.60. The fraction of sp³-hybridized carbons (Fsp3) is 0.448. The predicted octanol–water partition coefficient (Wildman–Crippen LogP) is 5.36. The van der Waals surface area contributed by atoms with Crippen LogP contribution in [0.1, 0.15) is 36.8 Å². The maximum absolute atomic E-state index is 12.5. The molecule has 5 rings (SSSR count). The Balaban J connectivity index is 1.11. The third-order valence-corrected chi connectivity index (χ3v) is 8.55. The summed E-state index contributed by atoms with van der Waals surface area (Å²) in [5.41, 5.74) is 2.29. The van der Waals surface area contributed by atoms with Gasteiger partial charge in [-0.15, -0.1) is 0 Å². The Morgan fingerprint density at radius 2 is 1.77 bits per heavy atom. The van der Waals surface area contributed by atoms with Gasteiger partial charge in [0, 0.05) is 50.7 Å². The number of benzene rings is 2. The lowest BCUT2D eigenvalue weighted by molar-refractivity contribution is -0.116. The van der Waals surface area contributed by atoms with Crippen LogP contribution in [0.5, 0.6) is 0 Å². The number of hydrogen-bond donors (Lipinski definition) is 1. The highest BCUT2D eigenvalue weighted by Crippen LogP contribution is 2.32. The highest BCUT2D eigenvalue weighted by atomic mass is 32.1. The van der Waals surface area contributed by atoms with E-state index in [1.165, 1.54) is 41.3 Å². The van der Waals surface area contributed by atoms with E-state index in [4.69, 9.17) is 4.37 Å². The Kier molecular flexibility index (Phi) is 7.79. The predicted molar refractivity (Wildman–Crippen MR) is 147 cm³/mol. The Morgan fingerprint density at radius 1 is 1.03 bits per heavy atom. The van der Waals surface area contributed by atoms with E-state index >= 15 is 0 Å². The van der Waals surface area contributed by atoms with E-state index in [9.17, 15) is 4.79 Å². The Labute approximate surface area is 213 Å². The third kappa shape index (κ3) is 5.93. The normalized spacial score (nSPS) is 21.6. The van der Waals surface area contributed by atoms with Crippen LogP contribution in [0.25, 0.3) is 16.2 Å². The number of hydrogen-bond acceptors (Lipinski definition) is 5. The zero-order chi connectivity index (χ0) is 24.0. The number of fused-ring (bicyclic) bond motifs is 1. The lowest BCUT2D eigenvalue weighted by Crippen LogP contribution is -2.49. The molecule has 1 amide bonds. The molecule has 0 spiro atoms. The van der Waals surface area contributed by atoms with Crippen molar-refractivity contribution >= 4 is 39.4 Å². The van der Waals surface area contributed by atoms with Gasteiger partial charge >= 0.3 is 0 Å². The van der Waals surface area contributed by atoms with Crippen LogP contribution in [0.15, 0.2) is 54.6 Å². The van der Waals surface area contributed by atoms with Gasteiger partial charge in [0.1, 0.15) is 5.82 Å². The Morgan fingerprint density at radius 3 is 2.60 bits per heavy atom. The molecule has 6 heteroatoms. The zero-order valence-electron chi connectivity index (χ0n) is 20.7. The molecule has 0 radical (unpaired) electrons. The molecule has 35 heavy (non-hydrogen) atoms. The lowest BCUT2D eigenvalue weighted by Gasteiger charge is -2.40. The monoisotopic (exact) mass is 488 g/mol. The molecule has 0 unspecified atom stereocenters. The number of nitrogens with one attached hydrogen (secondary N) is 1. The van der Waals surface area contributed by atoms with Crippen molar-refractivity contribution < 1.29 is 4.79 Å². The van der Waals surface area contributed by atoms with Gasteiger partial charge in [0.15, 0.2) is 0 Å². The van der Waals surface area contributed by atoms with E-state index in [-0.39, 0.29) is 5.91 Å². The SMILES string of the molecule is Cc1ccccc1/C=C/C(=O)NC[C@H]1CCCC[C@H]1CN1CCN(c2nsc3ccccc23)CC1. The van der Waals surface area contributed by atoms with Crippen molar-refractivity contribution in [3.05, 3.63) is 65.7 Å². The van der Waals surface area contributed by atoms with Gasteiger partial charge in [-0.25, -0.2) is 0 Å². The van der Waals surface area contributed by atoms with Crippen molar-refractivity contribution in [2.45, 2.75) is 32.6 Å². The Hall–Kier alpha value is -2.70. The molecule has 2 heterocycles. The molecule has 1 N–H and O–H groups in total. The summed E-state index contributed by atoms with van der Waals surface area (Å²) < 4.78 is 6.02. The van der Waals surface area contributed by atoms with Crippen molar-refractivity contribution in [3.63, 3.8) is 0 Å². The first-order chi connectivity index (χ1) is 17.2. The molecule has 2 aromatic carbocycles. The summed E-state index contributed by atoms with van der Waals surface area (Å²) in [5.74, 6) is 2.40. The van der Waals surface area contributed by atoms with Gasteiger partial charge in [0.05, 0.1) is 4.70 Å². The summed E-state index contributed by atoms with van der Waals surface area (Å²) in [7, 11) is 0. The molecular formula is C29H36N4OS. The molecule has 5 nitrogen and oxygen atoms in total. The molecule has 184 valence electrons. The molecule has 3 aromatic rings. The highest BCUT2D eigenvalue weighted by Gasteiger charge is 2.29. The second-order valence-corrected chi connectivity index (χ2v) is 10.8. The average Bonchev–Trinajstić information content (AvgIpc) is 3.32. The maximum atomic E-state index is 12.5. The summed E-state index contributed by atoms with van der Waals surface area (Å²) in [4.78, 5) is 17.6. The zero-order valence-corrected chi connectivity index (χ0v) is 21.5. The number of nitrogens with zero attached hydrogens (tertiary/aromatic N) is 3. The number of rotatable bonds is 7. The van der Waals surface area contributed by atoms with Crippen LogP contribution in [-0.4, -0.2) is 54.4 Å². The number of amides is 1.